The van der Waals surface area contributed by atoms with Gasteiger partial charge < -0.3 is 11.1 Å². The molecule has 0 saturated carbocycles. The Morgan fingerprint density at radius 1 is 1.50 bits per heavy atom. The minimum atomic E-state index is 0.0114. The lowest BCUT2D eigenvalue weighted by Crippen LogP contribution is -2.26. The number of nitrogens with one attached hydrogen (secondary N) is 1. The standard InChI is InChI=1S/C13H23N3OS/c1-3-11-9-15-13(18-11)10(2)16-12(17)7-5-4-6-8-14/h9-10H,3-8,14H2,1-2H3,(H,16,17). The zero-order valence-corrected chi connectivity index (χ0v) is 12.1. The van der Waals surface area contributed by atoms with Crippen LogP contribution in [-0.2, 0) is 11.2 Å². The summed E-state index contributed by atoms with van der Waals surface area (Å²) < 4.78 is 0. The number of hydrogen-bond acceptors (Lipinski definition) is 4. The molecule has 3 N–H and O–H groups in total. The SMILES string of the molecule is CCc1cnc(C(C)NC(=O)CCCCCN)s1. The molecule has 0 aliphatic heterocycles. The predicted molar refractivity (Wildman–Crippen MR) is 75.6 cm³/mol. The second kappa shape index (κ2) is 8.21. The van der Waals surface area contributed by atoms with Crippen molar-refractivity contribution < 1.29 is 4.79 Å². The van der Waals surface area contributed by atoms with Crippen molar-refractivity contribution >= 4 is 17.2 Å². The summed E-state index contributed by atoms with van der Waals surface area (Å²) in [6.45, 7) is 4.80. The van der Waals surface area contributed by atoms with Crippen molar-refractivity contribution in [3.8, 4) is 0 Å². The van der Waals surface area contributed by atoms with Gasteiger partial charge >= 0.3 is 0 Å². The van der Waals surface area contributed by atoms with E-state index in [9.17, 15) is 4.79 Å². The summed E-state index contributed by atoms with van der Waals surface area (Å²) in [4.78, 5) is 17.3. The molecule has 0 fully saturated rings. The van der Waals surface area contributed by atoms with Gasteiger partial charge in [0, 0.05) is 17.5 Å². The first kappa shape index (κ1) is 15.1. The van der Waals surface area contributed by atoms with Gasteiger partial charge in [-0.05, 0) is 32.7 Å². The smallest absolute Gasteiger partial charge is 0.220 e. The maximum atomic E-state index is 11.7. The van der Waals surface area contributed by atoms with E-state index in [0.717, 1.165) is 30.7 Å². The molecule has 0 bridgehead atoms. The van der Waals surface area contributed by atoms with Crippen LogP contribution in [0.4, 0.5) is 0 Å². The predicted octanol–water partition coefficient (Wildman–Crippen LogP) is 2.40. The lowest BCUT2D eigenvalue weighted by atomic mass is 10.2. The van der Waals surface area contributed by atoms with E-state index in [1.165, 1.54) is 4.88 Å². The quantitative estimate of drug-likeness (QED) is 0.712. The lowest BCUT2D eigenvalue weighted by molar-refractivity contribution is -0.121. The summed E-state index contributed by atoms with van der Waals surface area (Å²) in [5.74, 6) is 0.104. The molecule has 0 spiro atoms. The van der Waals surface area contributed by atoms with E-state index in [0.29, 0.717) is 13.0 Å². The number of hydrogen-bond donors (Lipinski definition) is 2. The molecule has 4 nitrogen and oxygen atoms in total. The number of aryl methyl sites for hydroxylation is 1. The third kappa shape index (κ3) is 5.14. The van der Waals surface area contributed by atoms with E-state index >= 15 is 0 Å². The Kier molecular flexibility index (Phi) is 6.90. The Hall–Kier alpha value is -0.940. The molecule has 1 rings (SSSR count). The van der Waals surface area contributed by atoms with Gasteiger partial charge in [-0.2, -0.15) is 0 Å². The van der Waals surface area contributed by atoms with E-state index in [1.807, 2.05) is 13.1 Å². The topological polar surface area (TPSA) is 68.0 Å². The maximum absolute atomic E-state index is 11.7. The first-order valence-electron chi connectivity index (χ1n) is 6.61. The third-order valence-corrected chi connectivity index (χ3v) is 4.10. The molecule has 0 saturated heterocycles. The summed E-state index contributed by atoms with van der Waals surface area (Å²) >= 11 is 1.67. The summed E-state index contributed by atoms with van der Waals surface area (Å²) in [5, 5.41) is 3.98. The molecule has 5 heteroatoms. The molecule has 0 radical (unpaired) electrons. The number of carbonyl (C=O) groups excluding carboxylic acids is 1. The number of amides is 1. The van der Waals surface area contributed by atoms with E-state index in [1.54, 1.807) is 11.3 Å². The molecule has 1 amide bonds. The van der Waals surface area contributed by atoms with Crippen LogP contribution in [0.2, 0.25) is 0 Å². The van der Waals surface area contributed by atoms with Gasteiger partial charge in [0.15, 0.2) is 0 Å². The van der Waals surface area contributed by atoms with Crippen LogP contribution in [0.5, 0.6) is 0 Å². The summed E-state index contributed by atoms with van der Waals surface area (Å²) in [6.07, 6.45) is 6.40. The van der Waals surface area contributed by atoms with Crippen molar-refractivity contribution in [2.45, 2.75) is 52.0 Å². The van der Waals surface area contributed by atoms with Gasteiger partial charge in [0.1, 0.15) is 5.01 Å². The first-order valence-corrected chi connectivity index (χ1v) is 7.43. The van der Waals surface area contributed by atoms with Gasteiger partial charge in [0.25, 0.3) is 0 Å². The number of unbranched alkanes of at least 4 members (excludes halogenated alkanes) is 2. The minimum Gasteiger partial charge on any atom is -0.347 e. The molecule has 102 valence electrons. The minimum absolute atomic E-state index is 0.0114. The normalized spacial score (nSPS) is 12.4. The van der Waals surface area contributed by atoms with Gasteiger partial charge in [0.2, 0.25) is 5.91 Å². The Labute approximate surface area is 113 Å². The fourth-order valence-electron chi connectivity index (χ4n) is 1.67. The molecular formula is C13H23N3OS. The van der Waals surface area contributed by atoms with Gasteiger partial charge in [-0.25, -0.2) is 4.98 Å². The van der Waals surface area contributed by atoms with Crippen molar-refractivity contribution in [3.05, 3.63) is 16.1 Å². The Morgan fingerprint density at radius 3 is 2.89 bits per heavy atom. The number of aromatic nitrogens is 1. The summed E-state index contributed by atoms with van der Waals surface area (Å²) in [5.41, 5.74) is 5.41. The van der Waals surface area contributed by atoms with E-state index in [4.69, 9.17) is 5.73 Å². The molecule has 1 aromatic rings. The van der Waals surface area contributed by atoms with Crippen LogP contribution in [0.1, 0.15) is 55.5 Å². The number of nitrogens with two attached hydrogens (primary N) is 1. The van der Waals surface area contributed by atoms with Crippen molar-refractivity contribution in [2.24, 2.45) is 5.73 Å². The Bertz CT molecular complexity index is 365. The number of rotatable bonds is 8. The van der Waals surface area contributed by atoms with Crippen molar-refractivity contribution in [2.75, 3.05) is 6.54 Å². The van der Waals surface area contributed by atoms with Gasteiger partial charge in [-0.3, -0.25) is 4.79 Å². The second-order valence-corrected chi connectivity index (χ2v) is 5.55. The average Bonchev–Trinajstić information content (AvgIpc) is 2.83. The summed E-state index contributed by atoms with van der Waals surface area (Å²) in [7, 11) is 0. The lowest BCUT2D eigenvalue weighted by Gasteiger charge is -2.11. The molecule has 0 aliphatic rings. The summed E-state index contributed by atoms with van der Waals surface area (Å²) in [6, 6.07) is 0.0114. The highest BCUT2D eigenvalue weighted by molar-refractivity contribution is 7.11. The van der Waals surface area contributed by atoms with E-state index in [2.05, 4.69) is 17.2 Å². The average molecular weight is 269 g/mol. The Balaban J connectivity index is 2.30. The van der Waals surface area contributed by atoms with Gasteiger partial charge in [-0.15, -0.1) is 11.3 Å². The first-order chi connectivity index (χ1) is 8.67. The molecule has 1 aromatic heterocycles. The molecule has 0 aliphatic carbocycles. The highest BCUT2D eigenvalue weighted by atomic mass is 32.1. The van der Waals surface area contributed by atoms with Crippen LogP contribution in [0.15, 0.2) is 6.20 Å². The fraction of sp³-hybridized carbons (Fsp3) is 0.692. The van der Waals surface area contributed by atoms with Crippen molar-refractivity contribution in [1.82, 2.24) is 10.3 Å². The number of thiazole rings is 1. The van der Waals surface area contributed by atoms with E-state index in [-0.39, 0.29) is 11.9 Å². The Morgan fingerprint density at radius 2 is 2.28 bits per heavy atom. The number of carbonyl (C=O) groups is 1. The van der Waals surface area contributed by atoms with Gasteiger partial charge in [-0.1, -0.05) is 13.3 Å². The monoisotopic (exact) mass is 269 g/mol. The third-order valence-electron chi connectivity index (χ3n) is 2.78. The fourth-order valence-corrected chi connectivity index (χ4v) is 2.53. The van der Waals surface area contributed by atoms with E-state index < -0.39 is 0 Å². The molecule has 1 heterocycles. The molecular weight excluding hydrogens is 246 g/mol. The van der Waals surface area contributed by atoms with Crippen LogP contribution in [-0.4, -0.2) is 17.4 Å². The molecule has 18 heavy (non-hydrogen) atoms. The highest BCUT2D eigenvalue weighted by Gasteiger charge is 2.12. The van der Waals surface area contributed by atoms with Crippen LogP contribution >= 0.6 is 11.3 Å². The van der Waals surface area contributed by atoms with Crippen LogP contribution in [0.25, 0.3) is 0 Å². The number of nitrogens with zero attached hydrogens (tertiary/aromatic N) is 1. The van der Waals surface area contributed by atoms with Gasteiger partial charge in [0.05, 0.1) is 6.04 Å². The van der Waals surface area contributed by atoms with Crippen LogP contribution in [0, 0.1) is 0 Å². The highest BCUT2D eigenvalue weighted by Crippen LogP contribution is 2.20. The second-order valence-electron chi connectivity index (χ2n) is 4.41. The zero-order valence-electron chi connectivity index (χ0n) is 11.2. The largest absolute Gasteiger partial charge is 0.347 e. The van der Waals surface area contributed by atoms with Crippen LogP contribution in [0.3, 0.4) is 0 Å². The van der Waals surface area contributed by atoms with Crippen molar-refractivity contribution in [1.29, 1.82) is 0 Å². The molecule has 0 aromatic carbocycles. The molecule has 1 unspecified atom stereocenters. The van der Waals surface area contributed by atoms with Crippen LogP contribution < -0.4 is 11.1 Å². The zero-order chi connectivity index (χ0) is 13.4. The molecule has 1 atom stereocenters. The van der Waals surface area contributed by atoms with Crippen molar-refractivity contribution in [3.63, 3.8) is 0 Å². The maximum Gasteiger partial charge on any atom is 0.220 e.